The van der Waals surface area contributed by atoms with Crippen molar-refractivity contribution in [2.45, 2.75) is 18.9 Å². The largest absolute Gasteiger partial charge is 0.472 e. The van der Waals surface area contributed by atoms with Gasteiger partial charge in [0, 0.05) is 31.3 Å². The van der Waals surface area contributed by atoms with Gasteiger partial charge < -0.3 is 9.64 Å². The summed E-state index contributed by atoms with van der Waals surface area (Å²) in [6.07, 6.45) is 3.45. The number of piperidine rings is 1. The molecule has 0 aliphatic carbocycles. The number of aromatic nitrogens is 2. The molecule has 1 saturated heterocycles. The number of hydrogen-bond acceptors (Lipinski definition) is 6. The fourth-order valence-electron chi connectivity index (χ4n) is 2.12. The van der Waals surface area contributed by atoms with Crippen molar-refractivity contribution in [3.8, 4) is 5.88 Å². The number of amides is 1. The van der Waals surface area contributed by atoms with Crippen LogP contribution in [0.5, 0.6) is 5.88 Å². The quantitative estimate of drug-likeness (QED) is 0.871. The minimum Gasteiger partial charge on any atom is -0.472 e. The molecule has 0 saturated carbocycles. The summed E-state index contributed by atoms with van der Waals surface area (Å²) in [6.45, 7) is 1.47. The van der Waals surface area contributed by atoms with Crippen LogP contribution in [-0.4, -0.2) is 38.7 Å². The molecule has 2 aromatic rings. The average molecular weight is 295 g/mol. The Hall–Kier alpha value is -1.47. The normalized spacial score (nSPS) is 16.5. The molecular formula is C12H13N3O2S2. The Morgan fingerprint density at radius 1 is 1.42 bits per heavy atom. The van der Waals surface area contributed by atoms with Crippen molar-refractivity contribution >= 4 is 29.0 Å². The fourth-order valence-corrected chi connectivity index (χ4v) is 3.11. The number of thiophene rings is 1. The first-order chi connectivity index (χ1) is 9.33. The first-order valence-corrected chi connectivity index (χ1v) is 7.76. The molecule has 1 fully saturated rings. The van der Waals surface area contributed by atoms with Gasteiger partial charge in [0.05, 0.1) is 17.3 Å². The van der Waals surface area contributed by atoms with Crippen LogP contribution in [0.2, 0.25) is 0 Å². The fraction of sp³-hybridized carbons (Fsp3) is 0.417. The summed E-state index contributed by atoms with van der Waals surface area (Å²) in [5.41, 5.74) is 0.785. The molecule has 1 aliphatic heterocycles. The highest BCUT2D eigenvalue weighted by Crippen LogP contribution is 2.19. The summed E-state index contributed by atoms with van der Waals surface area (Å²) in [5.74, 6) is 0.711. The van der Waals surface area contributed by atoms with Gasteiger partial charge >= 0.3 is 0 Å². The first-order valence-electron chi connectivity index (χ1n) is 6.08. The van der Waals surface area contributed by atoms with Crippen LogP contribution in [0.4, 0.5) is 0 Å². The number of carbonyl (C=O) groups excluding carboxylic acids is 1. The number of hydrogen-bond donors (Lipinski definition) is 0. The summed E-state index contributed by atoms with van der Waals surface area (Å²) in [5, 5.41) is 3.82. The Kier molecular flexibility index (Phi) is 3.74. The lowest BCUT2D eigenvalue weighted by Gasteiger charge is -2.31. The molecule has 3 heterocycles. The molecule has 0 bridgehead atoms. The highest BCUT2D eigenvalue weighted by atomic mass is 32.1. The van der Waals surface area contributed by atoms with Gasteiger partial charge in [-0.3, -0.25) is 4.79 Å². The number of nitrogens with zero attached hydrogens (tertiary/aromatic N) is 3. The van der Waals surface area contributed by atoms with Crippen LogP contribution in [0.25, 0.3) is 0 Å². The maximum absolute atomic E-state index is 12.2. The molecule has 0 radical (unpaired) electrons. The highest BCUT2D eigenvalue weighted by Gasteiger charge is 2.25. The average Bonchev–Trinajstić information content (AvgIpc) is 3.12. The smallest absolute Gasteiger partial charge is 0.254 e. The van der Waals surface area contributed by atoms with E-state index in [0.29, 0.717) is 5.88 Å². The third kappa shape index (κ3) is 2.93. The SMILES string of the molecule is O=C(c1ccsc1)N1CCC(Oc2cnsn2)CC1. The molecule has 7 heteroatoms. The van der Waals surface area contributed by atoms with Crippen molar-refractivity contribution < 1.29 is 9.53 Å². The number of ether oxygens (including phenoxy) is 1. The van der Waals surface area contributed by atoms with Crippen LogP contribution in [0, 0.1) is 0 Å². The Labute approximate surface area is 119 Å². The van der Waals surface area contributed by atoms with E-state index in [1.54, 1.807) is 17.5 Å². The van der Waals surface area contributed by atoms with Crippen molar-refractivity contribution in [3.05, 3.63) is 28.6 Å². The van der Waals surface area contributed by atoms with Crippen LogP contribution in [0.3, 0.4) is 0 Å². The lowest BCUT2D eigenvalue weighted by atomic mass is 10.1. The predicted molar refractivity (Wildman–Crippen MR) is 73.8 cm³/mol. The van der Waals surface area contributed by atoms with Crippen molar-refractivity contribution in [2.24, 2.45) is 0 Å². The van der Waals surface area contributed by atoms with Crippen LogP contribution >= 0.6 is 23.1 Å². The zero-order valence-electron chi connectivity index (χ0n) is 10.2. The Bertz CT molecular complexity index is 519. The second kappa shape index (κ2) is 5.66. The minimum absolute atomic E-state index is 0.120. The molecule has 5 nitrogen and oxygen atoms in total. The van der Waals surface area contributed by atoms with Gasteiger partial charge in [0.2, 0.25) is 5.88 Å². The van der Waals surface area contributed by atoms with E-state index in [1.165, 1.54) is 0 Å². The van der Waals surface area contributed by atoms with Crippen molar-refractivity contribution in [1.29, 1.82) is 0 Å². The van der Waals surface area contributed by atoms with E-state index in [-0.39, 0.29) is 12.0 Å². The first kappa shape index (κ1) is 12.6. The van der Waals surface area contributed by atoms with Crippen LogP contribution in [0.1, 0.15) is 23.2 Å². The molecule has 2 aromatic heterocycles. The monoisotopic (exact) mass is 295 g/mol. The standard InChI is InChI=1S/C12H13N3O2S2/c16-12(9-3-6-18-8-9)15-4-1-10(2-5-15)17-11-7-13-19-14-11/h3,6-8,10H,1-2,4-5H2. The number of rotatable bonds is 3. The van der Waals surface area contributed by atoms with Crippen LogP contribution < -0.4 is 4.74 Å². The van der Waals surface area contributed by atoms with Crippen molar-refractivity contribution in [2.75, 3.05) is 13.1 Å². The third-order valence-electron chi connectivity index (χ3n) is 3.13. The molecule has 0 spiro atoms. The van der Waals surface area contributed by atoms with Gasteiger partial charge in [-0.25, -0.2) is 0 Å². The molecule has 0 aromatic carbocycles. The maximum Gasteiger partial charge on any atom is 0.254 e. The second-order valence-electron chi connectivity index (χ2n) is 4.37. The van der Waals surface area contributed by atoms with Gasteiger partial charge in [0.25, 0.3) is 5.91 Å². The summed E-state index contributed by atoms with van der Waals surface area (Å²) in [6, 6.07) is 1.87. The Balaban J connectivity index is 1.53. The van der Waals surface area contributed by atoms with Crippen molar-refractivity contribution in [3.63, 3.8) is 0 Å². The molecular weight excluding hydrogens is 282 g/mol. The van der Waals surface area contributed by atoms with Gasteiger partial charge in [0.1, 0.15) is 12.3 Å². The van der Waals surface area contributed by atoms with E-state index in [1.807, 2.05) is 21.7 Å². The molecule has 0 N–H and O–H groups in total. The Morgan fingerprint density at radius 3 is 2.89 bits per heavy atom. The molecule has 1 amide bonds. The highest BCUT2D eigenvalue weighted by molar-refractivity contribution is 7.08. The van der Waals surface area contributed by atoms with E-state index < -0.39 is 0 Å². The zero-order chi connectivity index (χ0) is 13.1. The van der Waals surface area contributed by atoms with Crippen molar-refractivity contribution in [1.82, 2.24) is 13.6 Å². The van der Waals surface area contributed by atoms with Crippen LogP contribution in [-0.2, 0) is 0 Å². The summed E-state index contributed by atoms with van der Waals surface area (Å²) in [7, 11) is 0. The van der Waals surface area contributed by atoms with Gasteiger partial charge in [-0.1, -0.05) is 0 Å². The Morgan fingerprint density at radius 2 is 2.26 bits per heavy atom. The molecule has 0 unspecified atom stereocenters. The third-order valence-corrected chi connectivity index (χ3v) is 4.27. The molecule has 1 aliphatic rings. The molecule has 0 atom stereocenters. The second-order valence-corrected chi connectivity index (χ2v) is 5.70. The van der Waals surface area contributed by atoms with Gasteiger partial charge in [-0.2, -0.15) is 15.7 Å². The topological polar surface area (TPSA) is 55.3 Å². The van der Waals surface area contributed by atoms with Crippen LogP contribution in [0.15, 0.2) is 23.0 Å². The lowest BCUT2D eigenvalue weighted by Crippen LogP contribution is -2.41. The summed E-state index contributed by atoms with van der Waals surface area (Å²) < 4.78 is 13.7. The van der Waals surface area contributed by atoms with Gasteiger partial charge in [-0.05, 0) is 11.4 Å². The number of carbonyl (C=O) groups is 1. The minimum atomic E-state index is 0.120. The van der Waals surface area contributed by atoms with Gasteiger partial charge in [-0.15, -0.1) is 4.37 Å². The van der Waals surface area contributed by atoms with E-state index in [0.717, 1.165) is 43.2 Å². The molecule has 19 heavy (non-hydrogen) atoms. The van der Waals surface area contributed by atoms with E-state index in [9.17, 15) is 4.79 Å². The summed E-state index contributed by atoms with van der Waals surface area (Å²) >= 11 is 2.69. The van der Waals surface area contributed by atoms with E-state index in [4.69, 9.17) is 4.74 Å². The zero-order valence-corrected chi connectivity index (χ0v) is 11.8. The maximum atomic E-state index is 12.2. The van der Waals surface area contributed by atoms with E-state index >= 15 is 0 Å². The number of likely N-dealkylation sites (tertiary alicyclic amines) is 1. The molecule has 3 rings (SSSR count). The van der Waals surface area contributed by atoms with Gasteiger partial charge in [0.15, 0.2) is 0 Å². The predicted octanol–water partition coefficient (Wildman–Crippen LogP) is 2.28. The molecule has 100 valence electrons. The summed E-state index contributed by atoms with van der Waals surface area (Å²) in [4.78, 5) is 14.0. The van der Waals surface area contributed by atoms with E-state index in [2.05, 4.69) is 8.75 Å². The lowest BCUT2D eigenvalue weighted by molar-refractivity contribution is 0.0590.